The van der Waals surface area contributed by atoms with Crippen molar-refractivity contribution in [2.45, 2.75) is 0 Å². The molecule has 3 rings (SSSR count). The van der Waals surface area contributed by atoms with E-state index in [-0.39, 0.29) is 11.5 Å². The van der Waals surface area contributed by atoms with Crippen molar-refractivity contribution >= 4 is 17.2 Å². The van der Waals surface area contributed by atoms with Gasteiger partial charge in [-0.2, -0.15) is 4.74 Å². The minimum absolute atomic E-state index is 0.0772. The summed E-state index contributed by atoms with van der Waals surface area (Å²) in [6, 6.07) is 11.8. The molecule has 0 unspecified atom stereocenters. The molecule has 0 saturated carbocycles. The molecule has 1 heterocycles. The predicted octanol–water partition coefficient (Wildman–Crippen LogP) is 2.53. The van der Waals surface area contributed by atoms with Crippen LogP contribution in [0.25, 0.3) is 0 Å². The fraction of sp³-hybridized carbons (Fsp3) is 0.125. The Labute approximate surface area is 121 Å². The van der Waals surface area contributed by atoms with Crippen molar-refractivity contribution in [2.75, 3.05) is 14.2 Å². The number of Topliss-reactive ketones (excluding diaryl/α,β-unsaturated/α-hetero) is 1. The topological polar surface area (TPSA) is 61.6 Å². The van der Waals surface area contributed by atoms with E-state index < -0.39 is 0 Å². The van der Waals surface area contributed by atoms with Crippen LogP contribution in [0.3, 0.4) is 0 Å². The molecule has 0 atom stereocenters. The van der Waals surface area contributed by atoms with Crippen molar-refractivity contribution in [3.05, 3.63) is 58.8 Å². The average molecular weight is 283 g/mol. The van der Waals surface area contributed by atoms with E-state index in [0.717, 1.165) is 0 Å². The Morgan fingerprint density at radius 1 is 1.05 bits per heavy atom. The van der Waals surface area contributed by atoms with Gasteiger partial charge in [-0.15, -0.1) is 0 Å². The van der Waals surface area contributed by atoms with Crippen molar-refractivity contribution in [2.24, 2.45) is 0 Å². The molecule has 0 spiro atoms. The highest BCUT2D eigenvalue weighted by Gasteiger charge is 2.39. The fourth-order valence-electron chi connectivity index (χ4n) is 2.44. The molecule has 0 saturated heterocycles. The maximum absolute atomic E-state index is 12.6. The van der Waals surface area contributed by atoms with E-state index in [4.69, 9.17) is 9.47 Å². The quantitative estimate of drug-likeness (QED) is 0.641. The minimum atomic E-state index is -0.342. The van der Waals surface area contributed by atoms with Crippen molar-refractivity contribution in [1.82, 2.24) is 0 Å². The first kappa shape index (κ1) is 13.2. The van der Waals surface area contributed by atoms with E-state index in [1.165, 1.54) is 14.2 Å². The maximum Gasteiger partial charge on any atom is 0.273 e. The molecular weight excluding hydrogens is 270 g/mol. The van der Waals surface area contributed by atoms with Crippen LogP contribution >= 0.6 is 0 Å². The summed E-state index contributed by atoms with van der Waals surface area (Å²) < 4.78 is 11.0. The van der Waals surface area contributed by atoms with Gasteiger partial charge in [-0.25, -0.2) is 0 Å². The molecule has 1 aliphatic heterocycles. The number of nitrogens with zero attached hydrogens (tertiary/aromatic N) is 1. The first-order valence-corrected chi connectivity index (χ1v) is 6.37. The van der Waals surface area contributed by atoms with Crippen molar-refractivity contribution in [1.29, 1.82) is 0 Å². The van der Waals surface area contributed by atoms with Crippen LogP contribution in [0, 0.1) is 5.21 Å². The second-order valence-electron chi connectivity index (χ2n) is 4.56. The molecule has 0 amide bonds. The highest BCUT2D eigenvalue weighted by molar-refractivity contribution is 6.52. The zero-order valence-corrected chi connectivity index (χ0v) is 11.6. The summed E-state index contributed by atoms with van der Waals surface area (Å²) in [4.78, 5) is 12.6. The van der Waals surface area contributed by atoms with E-state index in [0.29, 0.717) is 33.1 Å². The smallest absolute Gasteiger partial charge is 0.273 e. The lowest BCUT2D eigenvalue weighted by molar-refractivity contribution is -0.355. The minimum Gasteiger partial charge on any atom is -0.618 e. The zero-order valence-electron chi connectivity index (χ0n) is 11.6. The summed E-state index contributed by atoms with van der Waals surface area (Å²) in [5.41, 5.74) is 1.20. The first-order chi connectivity index (χ1) is 10.2. The number of ketones is 1. The van der Waals surface area contributed by atoms with E-state index in [2.05, 4.69) is 0 Å². The van der Waals surface area contributed by atoms with Gasteiger partial charge in [-0.1, -0.05) is 12.1 Å². The summed E-state index contributed by atoms with van der Waals surface area (Å²) in [7, 11) is 3.01. The molecule has 2 aromatic rings. The molecular formula is C16H13NO4. The van der Waals surface area contributed by atoms with Gasteiger partial charge in [-0.05, 0) is 24.3 Å². The Morgan fingerprint density at radius 3 is 2.52 bits per heavy atom. The van der Waals surface area contributed by atoms with Crippen LogP contribution in [0.15, 0.2) is 42.5 Å². The highest BCUT2D eigenvalue weighted by Crippen LogP contribution is 2.35. The normalized spacial score (nSPS) is 13.3. The summed E-state index contributed by atoms with van der Waals surface area (Å²) >= 11 is 0. The van der Waals surface area contributed by atoms with Gasteiger partial charge in [0.1, 0.15) is 17.1 Å². The third kappa shape index (κ3) is 1.94. The van der Waals surface area contributed by atoms with E-state index >= 15 is 0 Å². The lowest BCUT2D eigenvalue weighted by Crippen LogP contribution is -2.16. The molecule has 5 heteroatoms. The van der Waals surface area contributed by atoms with Gasteiger partial charge in [0, 0.05) is 6.07 Å². The van der Waals surface area contributed by atoms with E-state index in [9.17, 15) is 10.0 Å². The van der Waals surface area contributed by atoms with Crippen LogP contribution in [0.1, 0.15) is 15.9 Å². The lowest BCUT2D eigenvalue weighted by Gasteiger charge is -2.04. The Bertz CT molecular complexity index is 765. The zero-order chi connectivity index (χ0) is 15.0. The molecule has 0 aliphatic carbocycles. The molecule has 0 N–H and O–H groups in total. The van der Waals surface area contributed by atoms with E-state index in [1.54, 1.807) is 42.5 Å². The fourth-order valence-corrected chi connectivity index (χ4v) is 2.44. The van der Waals surface area contributed by atoms with Gasteiger partial charge in [0.25, 0.3) is 11.5 Å². The van der Waals surface area contributed by atoms with Crippen LogP contribution < -0.4 is 9.47 Å². The second-order valence-corrected chi connectivity index (χ2v) is 4.56. The molecule has 1 aliphatic rings. The summed E-state index contributed by atoms with van der Waals surface area (Å²) in [5.74, 6) is 0.645. The molecule has 21 heavy (non-hydrogen) atoms. The number of hydrogen-bond donors (Lipinski definition) is 0. The third-order valence-corrected chi connectivity index (χ3v) is 3.43. The molecule has 0 radical (unpaired) electrons. The van der Waals surface area contributed by atoms with Crippen LogP contribution in [-0.2, 0) is 0 Å². The number of methoxy groups -OCH3 is 2. The van der Waals surface area contributed by atoms with Gasteiger partial charge < -0.3 is 14.7 Å². The molecule has 0 bridgehead atoms. The van der Waals surface area contributed by atoms with Gasteiger partial charge >= 0.3 is 0 Å². The first-order valence-electron chi connectivity index (χ1n) is 6.37. The van der Waals surface area contributed by atoms with Gasteiger partial charge in [0.05, 0.1) is 19.8 Å². The Morgan fingerprint density at radius 2 is 1.81 bits per heavy atom. The molecule has 0 aromatic heterocycles. The van der Waals surface area contributed by atoms with Crippen molar-refractivity contribution in [3.8, 4) is 11.5 Å². The SMILES string of the molecule is COc1cccc(C2=[N+]([O-])c3cccc(OC)c3C2=O)c1. The number of benzene rings is 2. The molecule has 2 aromatic carbocycles. The van der Waals surface area contributed by atoms with Gasteiger partial charge in [0.15, 0.2) is 0 Å². The molecule has 5 nitrogen and oxygen atoms in total. The number of hydrogen-bond acceptors (Lipinski definition) is 4. The number of fused-ring (bicyclic) bond motifs is 1. The Hall–Kier alpha value is -2.82. The second kappa shape index (κ2) is 4.94. The van der Waals surface area contributed by atoms with Crippen molar-refractivity contribution < 1.29 is 19.0 Å². The molecule has 106 valence electrons. The molecule has 0 fully saturated rings. The standard InChI is InChI=1S/C16H13NO4/c1-20-11-6-3-5-10(9-11)15-16(18)14-12(17(15)19)7-4-8-13(14)21-2/h3-9H,1-2H3. The maximum atomic E-state index is 12.6. The van der Waals surface area contributed by atoms with Crippen LogP contribution in [0.5, 0.6) is 11.5 Å². The van der Waals surface area contributed by atoms with Crippen LogP contribution in [-0.4, -0.2) is 30.5 Å². The highest BCUT2D eigenvalue weighted by atomic mass is 16.5. The van der Waals surface area contributed by atoms with Crippen LogP contribution in [0.4, 0.5) is 5.69 Å². The van der Waals surface area contributed by atoms with Gasteiger partial charge in [0.2, 0.25) is 5.69 Å². The van der Waals surface area contributed by atoms with Gasteiger partial charge in [-0.3, -0.25) is 4.79 Å². The summed E-state index contributed by atoms with van der Waals surface area (Å²) in [6.07, 6.45) is 0. The number of ether oxygens (including phenoxy) is 2. The number of carbonyl (C=O) groups is 1. The number of rotatable bonds is 3. The summed E-state index contributed by atoms with van der Waals surface area (Å²) in [6.45, 7) is 0. The average Bonchev–Trinajstić information content (AvgIpc) is 2.79. The van der Waals surface area contributed by atoms with Crippen LogP contribution in [0.2, 0.25) is 0 Å². The lowest BCUT2D eigenvalue weighted by atomic mass is 10.0. The van der Waals surface area contributed by atoms with E-state index in [1.807, 2.05) is 0 Å². The number of carbonyl (C=O) groups excluding carboxylic acids is 1. The van der Waals surface area contributed by atoms with Crippen molar-refractivity contribution in [3.63, 3.8) is 0 Å². The summed E-state index contributed by atoms with van der Waals surface area (Å²) in [5, 5.41) is 12.4. The Kier molecular flexibility index (Phi) is 3.10. The predicted molar refractivity (Wildman–Crippen MR) is 77.7 cm³/mol. The largest absolute Gasteiger partial charge is 0.618 e. The third-order valence-electron chi connectivity index (χ3n) is 3.43. The monoisotopic (exact) mass is 283 g/mol. The Balaban J connectivity index is 2.17.